The van der Waals surface area contributed by atoms with Gasteiger partial charge in [0.15, 0.2) is 0 Å². The minimum Gasteiger partial charge on any atom is -0.299 e. The van der Waals surface area contributed by atoms with Gasteiger partial charge in [-0.15, -0.1) is 0 Å². The molecule has 1 fully saturated rings. The van der Waals surface area contributed by atoms with Gasteiger partial charge < -0.3 is 0 Å². The van der Waals surface area contributed by atoms with Gasteiger partial charge in [-0.3, -0.25) is 15.1 Å². The van der Waals surface area contributed by atoms with Crippen molar-refractivity contribution in [2.45, 2.75) is 33.2 Å². The van der Waals surface area contributed by atoms with E-state index in [1.54, 1.807) is 0 Å². The summed E-state index contributed by atoms with van der Waals surface area (Å²) in [5.74, 6) is 5.23. The number of carbonyl (C=O) groups excluding carboxylic acids is 1. The highest BCUT2D eigenvalue weighted by atomic mass is 19.1. The molecule has 0 aromatic heterocycles. The van der Waals surface area contributed by atoms with Crippen LogP contribution in [-0.4, -0.2) is 23.9 Å². The summed E-state index contributed by atoms with van der Waals surface area (Å²) < 4.78 is 12.8. The van der Waals surface area contributed by atoms with Crippen LogP contribution in [0.4, 0.5) is 4.39 Å². The quantitative estimate of drug-likeness (QED) is 0.504. The maximum absolute atomic E-state index is 12.8. The molecule has 0 aliphatic carbocycles. The number of likely N-dealkylation sites (tertiary alicyclic amines) is 1. The van der Waals surface area contributed by atoms with Crippen molar-refractivity contribution < 1.29 is 9.18 Å². The number of hydrazine groups is 1. The Labute approximate surface area is 120 Å². The molecular weight excluding hydrogens is 257 g/mol. The van der Waals surface area contributed by atoms with Crippen molar-refractivity contribution in [2.24, 2.45) is 11.8 Å². The van der Waals surface area contributed by atoms with Crippen molar-refractivity contribution >= 4 is 5.91 Å². The van der Waals surface area contributed by atoms with E-state index in [4.69, 9.17) is 5.84 Å². The molecule has 0 spiro atoms. The second kappa shape index (κ2) is 7.97. The lowest BCUT2D eigenvalue weighted by Crippen LogP contribution is -2.37. The summed E-state index contributed by atoms with van der Waals surface area (Å²) in [6.07, 6.45) is 2.53. The predicted octanol–water partition coefficient (Wildman–Crippen LogP) is 2.05. The summed E-state index contributed by atoms with van der Waals surface area (Å²) in [6, 6.07) is 6.63. The van der Waals surface area contributed by atoms with Gasteiger partial charge >= 0.3 is 0 Å². The zero-order valence-electron chi connectivity index (χ0n) is 10.9. The van der Waals surface area contributed by atoms with E-state index in [0.717, 1.165) is 38.0 Å². The van der Waals surface area contributed by atoms with Gasteiger partial charge in [-0.25, -0.2) is 10.2 Å². The molecule has 4 nitrogen and oxygen atoms in total. The molecule has 1 aromatic carbocycles. The molecule has 0 saturated carbocycles. The number of piperidine rings is 1. The lowest BCUT2D eigenvalue weighted by Gasteiger charge is -2.31. The number of benzene rings is 1. The Bertz CT molecular complexity index is 414. The molecule has 112 valence electrons. The van der Waals surface area contributed by atoms with Crippen molar-refractivity contribution in [3.8, 4) is 0 Å². The minimum atomic E-state index is -0.199. The summed E-state index contributed by atoms with van der Waals surface area (Å²) in [5, 5.41) is 0. The first kappa shape index (κ1) is 16.6. The van der Waals surface area contributed by atoms with Crippen molar-refractivity contribution in [3.05, 3.63) is 35.6 Å². The van der Waals surface area contributed by atoms with E-state index in [1.165, 1.54) is 12.1 Å². The average Bonchev–Trinajstić information content (AvgIpc) is 2.43. The van der Waals surface area contributed by atoms with Gasteiger partial charge in [-0.2, -0.15) is 0 Å². The first-order chi connectivity index (χ1) is 9.17. The second-order valence-corrected chi connectivity index (χ2v) is 5.12. The monoisotopic (exact) mass is 281 g/mol. The number of amides is 1. The highest BCUT2D eigenvalue weighted by Crippen LogP contribution is 2.21. The van der Waals surface area contributed by atoms with Gasteiger partial charge in [-0.1, -0.05) is 19.6 Å². The number of halogens is 1. The number of nitrogens with two attached hydrogens (primary N) is 1. The molecule has 1 aromatic rings. The number of carbonyl (C=O) groups is 1. The summed E-state index contributed by atoms with van der Waals surface area (Å²) >= 11 is 0. The fourth-order valence-corrected chi connectivity index (χ4v) is 2.52. The number of hydrogen-bond donors (Lipinski definition) is 2. The van der Waals surface area contributed by atoms with Crippen molar-refractivity contribution in [3.63, 3.8) is 0 Å². The highest BCUT2D eigenvalue weighted by molar-refractivity contribution is 5.75. The Morgan fingerprint density at radius 3 is 2.45 bits per heavy atom. The number of nitrogens with zero attached hydrogens (tertiary/aromatic N) is 1. The first-order valence-corrected chi connectivity index (χ1v) is 6.63. The molecular formula is C15H24FN3O. The lowest BCUT2D eigenvalue weighted by molar-refractivity contribution is -0.122. The zero-order valence-corrected chi connectivity index (χ0v) is 10.9. The van der Waals surface area contributed by atoms with E-state index in [0.29, 0.717) is 12.3 Å². The number of rotatable bonds is 4. The van der Waals surface area contributed by atoms with Gasteiger partial charge in [0.2, 0.25) is 5.91 Å². The van der Waals surface area contributed by atoms with E-state index in [2.05, 4.69) is 10.3 Å². The van der Waals surface area contributed by atoms with Crippen LogP contribution >= 0.6 is 0 Å². The summed E-state index contributed by atoms with van der Waals surface area (Å²) in [4.78, 5) is 13.5. The van der Waals surface area contributed by atoms with Crippen LogP contribution in [0.25, 0.3) is 0 Å². The van der Waals surface area contributed by atoms with Gasteiger partial charge in [0.25, 0.3) is 0 Å². The van der Waals surface area contributed by atoms with Crippen LogP contribution in [0.15, 0.2) is 24.3 Å². The zero-order chi connectivity index (χ0) is 13.7. The Balaban J connectivity index is 0.00000200. The number of nitrogens with one attached hydrogen (secondary N) is 1. The number of hydrogen-bond acceptors (Lipinski definition) is 3. The SMILES string of the molecule is C.NNC(=O)CC1CCN(Cc2ccc(F)cc2)CC1. The molecule has 1 saturated heterocycles. The highest BCUT2D eigenvalue weighted by Gasteiger charge is 2.21. The van der Waals surface area contributed by atoms with Gasteiger partial charge in [-0.05, 0) is 49.5 Å². The molecule has 1 amide bonds. The van der Waals surface area contributed by atoms with Crippen LogP contribution in [0.1, 0.15) is 32.3 Å². The van der Waals surface area contributed by atoms with Gasteiger partial charge in [0, 0.05) is 13.0 Å². The van der Waals surface area contributed by atoms with E-state index >= 15 is 0 Å². The fourth-order valence-electron chi connectivity index (χ4n) is 2.52. The summed E-state index contributed by atoms with van der Waals surface area (Å²) in [5.41, 5.74) is 3.31. The lowest BCUT2D eigenvalue weighted by atomic mass is 9.93. The van der Waals surface area contributed by atoms with Crippen LogP contribution in [0.3, 0.4) is 0 Å². The maximum atomic E-state index is 12.8. The summed E-state index contributed by atoms with van der Waals surface area (Å²) in [7, 11) is 0. The molecule has 3 N–H and O–H groups in total. The van der Waals surface area contributed by atoms with Crippen molar-refractivity contribution in [2.75, 3.05) is 13.1 Å². The molecule has 0 unspecified atom stereocenters. The summed E-state index contributed by atoms with van der Waals surface area (Å²) in [6.45, 7) is 2.79. The molecule has 0 bridgehead atoms. The smallest absolute Gasteiger partial charge is 0.234 e. The van der Waals surface area contributed by atoms with Crippen LogP contribution in [-0.2, 0) is 11.3 Å². The Hall–Kier alpha value is -1.46. The van der Waals surface area contributed by atoms with E-state index < -0.39 is 0 Å². The molecule has 2 rings (SSSR count). The topological polar surface area (TPSA) is 58.4 Å². The average molecular weight is 281 g/mol. The Morgan fingerprint density at radius 2 is 1.90 bits per heavy atom. The largest absolute Gasteiger partial charge is 0.299 e. The third-order valence-corrected chi connectivity index (χ3v) is 3.66. The first-order valence-electron chi connectivity index (χ1n) is 6.63. The molecule has 20 heavy (non-hydrogen) atoms. The van der Waals surface area contributed by atoms with Crippen LogP contribution in [0, 0.1) is 11.7 Å². The van der Waals surface area contributed by atoms with E-state index in [1.807, 2.05) is 12.1 Å². The van der Waals surface area contributed by atoms with Crippen LogP contribution in [0.5, 0.6) is 0 Å². The van der Waals surface area contributed by atoms with Gasteiger partial charge in [0.05, 0.1) is 0 Å². The molecule has 0 atom stereocenters. The van der Waals surface area contributed by atoms with Crippen molar-refractivity contribution in [1.29, 1.82) is 0 Å². The van der Waals surface area contributed by atoms with Gasteiger partial charge in [0.1, 0.15) is 5.82 Å². The normalized spacial score (nSPS) is 16.5. The molecule has 1 aliphatic heterocycles. The third-order valence-electron chi connectivity index (χ3n) is 3.66. The molecule has 0 radical (unpaired) electrons. The Morgan fingerprint density at radius 1 is 1.30 bits per heavy atom. The molecule has 1 aliphatic rings. The maximum Gasteiger partial charge on any atom is 0.234 e. The van der Waals surface area contributed by atoms with Crippen LogP contribution < -0.4 is 11.3 Å². The third kappa shape index (κ3) is 4.90. The van der Waals surface area contributed by atoms with Crippen LogP contribution in [0.2, 0.25) is 0 Å². The van der Waals surface area contributed by atoms with E-state index in [-0.39, 0.29) is 19.2 Å². The standard InChI is InChI=1S/C14H20FN3O.CH4/c15-13-3-1-12(2-4-13)10-18-7-5-11(6-8-18)9-14(19)17-16;/h1-4,11H,5-10,16H2,(H,17,19);1H4. The Kier molecular flexibility index (Phi) is 6.61. The molecule has 1 heterocycles. The fraction of sp³-hybridized carbons (Fsp3) is 0.533. The predicted molar refractivity (Wildman–Crippen MR) is 78.1 cm³/mol. The second-order valence-electron chi connectivity index (χ2n) is 5.12. The van der Waals surface area contributed by atoms with E-state index in [9.17, 15) is 9.18 Å². The van der Waals surface area contributed by atoms with Crippen molar-refractivity contribution in [1.82, 2.24) is 10.3 Å². The minimum absolute atomic E-state index is 0. The molecule has 5 heteroatoms.